The summed E-state index contributed by atoms with van der Waals surface area (Å²) in [6.45, 7) is 7.55. The Kier molecular flexibility index (Phi) is 5.94. The molecular weight excluding hydrogens is 280 g/mol. The smallest absolute Gasteiger partial charge is 0.238 e. The van der Waals surface area contributed by atoms with Crippen LogP contribution in [0.2, 0.25) is 0 Å². The number of nitriles is 2. The van der Waals surface area contributed by atoms with Crippen LogP contribution in [-0.2, 0) is 0 Å². The van der Waals surface area contributed by atoms with Gasteiger partial charge in [0, 0.05) is 6.04 Å². The van der Waals surface area contributed by atoms with Gasteiger partial charge >= 0.3 is 0 Å². The van der Waals surface area contributed by atoms with Crippen molar-refractivity contribution in [1.29, 1.82) is 10.5 Å². The van der Waals surface area contributed by atoms with Gasteiger partial charge in [0.15, 0.2) is 11.4 Å². The highest BCUT2D eigenvalue weighted by Crippen LogP contribution is 2.26. The first-order valence-corrected chi connectivity index (χ1v) is 7.22. The van der Waals surface area contributed by atoms with Crippen molar-refractivity contribution in [2.75, 3.05) is 17.7 Å². The molecule has 0 aliphatic rings. The monoisotopic (exact) mass is 302 g/mol. The van der Waals surface area contributed by atoms with E-state index >= 15 is 0 Å². The third-order valence-electron chi connectivity index (χ3n) is 3.21. The molecular formula is C15H22N6O. The highest BCUT2D eigenvalue weighted by molar-refractivity contribution is 5.60. The molecule has 1 aromatic rings. The van der Waals surface area contributed by atoms with Crippen molar-refractivity contribution in [2.24, 2.45) is 0 Å². The van der Waals surface area contributed by atoms with Crippen LogP contribution in [-0.4, -0.2) is 28.7 Å². The van der Waals surface area contributed by atoms with Gasteiger partial charge in [-0.15, -0.1) is 0 Å². The Labute approximate surface area is 131 Å². The van der Waals surface area contributed by atoms with E-state index in [-0.39, 0.29) is 23.4 Å². The Morgan fingerprint density at radius 3 is 2.32 bits per heavy atom. The molecule has 2 N–H and O–H groups in total. The molecule has 0 bridgehead atoms. The zero-order chi connectivity index (χ0) is 16.8. The van der Waals surface area contributed by atoms with E-state index in [4.69, 9.17) is 10.00 Å². The molecule has 1 heterocycles. The third-order valence-corrected chi connectivity index (χ3v) is 3.21. The van der Waals surface area contributed by atoms with Gasteiger partial charge in [-0.1, -0.05) is 13.8 Å². The topological polar surface area (TPSA) is 107 Å². The van der Waals surface area contributed by atoms with E-state index < -0.39 is 5.54 Å². The summed E-state index contributed by atoms with van der Waals surface area (Å²) in [6, 6.07) is 4.39. The van der Waals surface area contributed by atoms with Crippen molar-refractivity contribution >= 4 is 11.8 Å². The molecule has 0 amide bonds. The number of nitrogens with one attached hydrogen (secondary N) is 2. The lowest BCUT2D eigenvalue weighted by Gasteiger charge is -2.21. The van der Waals surface area contributed by atoms with E-state index in [0.717, 1.165) is 12.8 Å². The van der Waals surface area contributed by atoms with Gasteiger partial charge in [0.2, 0.25) is 11.8 Å². The van der Waals surface area contributed by atoms with E-state index in [0.29, 0.717) is 5.82 Å². The lowest BCUT2D eigenvalue weighted by Crippen LogP contribution is -2.30. The van der Waals surface area contributed by atoms with Crippen LogP contribution in [0.25, 0.3) is 0 Å². The second-order valence-electron chi connectivity index (χ2n) is 5.41. The third kappa shape index (κ3) is 4.23. The summed E-state index contributed by atoms with van der Waals surface area (Å²) in [4.78, 5) is 8.49. The lowest BCUT2D eigenvalue weighted by atomic mass is 10.1. The molecule has 7 heteroatoms. The Bertz CT molecular complexity index is 595. The Morgan fingerprint density at radius 1 is 1.23 bits per heavy atom. The predicted octanol–water partition coefficient (Wildman–Crippen LogP) is 2.67. The zero-order valence-corrected chi connectivity index (χ0v) is 13.7. The lowest BCUT2D eigenvalue weighted by molar-refractivity contribution is 0.396. The Balaban J connectivity index is 3.28. The molecule has 0 saturated heterocycles. The van der Waals surface area contributed by atoms with Crippen LogP contribution in [0.5, 0.6) is 5.88 Å². The molecule has 0 aliphatic heterocycles. The average Bonchev–Trinajstić information content (AvgIpc) is 2.51. The van der Waals surface area contributed by atoms with E-state index in [2.05, 4.69) is 46.6 Å². The number of hydrogen-bond acceptors (Lipinski definition) is 7. The van der Waals surface area contributed by atoms with Crippen LogP contribution in [0, 0.1) is 22.7 Å². The largest absolute Gasteiger partial charge is 0.480 e. The minimum atomic E-state index is -0.828. The maximum Gasteiger partial charge on any atom is 0.238 e. The first kappa shape index (κ1) is 17.5. The highest BCUT2D eigenvalue weighted by atomic mass is 16.5. The number of methoxy groups -OCH3 is 1. The molecule has 0 fully saturated rings. The van der Waals surface area contributed by atoms with Gasteiger partial charge in [0.1, 0.15) is 11.6 Å². The summed E-state index contributed by atoms with van der Waals surface area (Å²) in [6.07, 6.45) is 1.81. The second kappa shape index (κ2) is 7.46. The Morgan fingerprint density at radius 2 is 1.86 bits per heavy atom. The summed E-state index contributed by atoms with van der Waals surface area (Å²) < 4.78 is 5.18. The van der Waals surface area contributed by atoms with Crippen LogP contribution < -0.4 is 15.4 Å². The number of ether oxygens (including phenoxy) is 1. The van der Waals surface area contributed by atoms with Crippen LogP contribution in [0.4, 0.5) is 11.8 Å². The highest BCUT2D eigenvalue weighted by Gasteiger charge is 2.22. The summed E-state index contributed by atoms with van der Waals surface area (Å²) in [5.41, 5.74) is -0.569. The molecule has 0 atom stereocenters. The van der Waals surface area contributed by atoms with Crippen molar-refractivity contribution in [2.45, 2.75) is 52.1 Å². The normalized spacial score (nSPS) is 10.7. The fourth-order valence-electron chi connectivity index (χ4n) is 1.84. The number of aromatic nitrogens is 2. The van der Waals surface area contributed by atoms with E-state index in [9.17, 15) is 5.26 Å². The molecule has 1 rings (SSSR count). The summed E-state index contributed by atoms with van der Waals surface area (Å²) in [5.74, 6) is 0.845. The fraction of sp³-hybridized carbons (Fsp3) is 0.600. The molecule has 1 aromatic heterocycles. The van der Waals surface area contributed by atoms with E-state index in [1.165, 1.54) is 7.11 Å². The van der Waals surface area contributed by atoms with Crippen molar-refractivity contribution < 1.29 is 4.74 Å². The standard InChI is InChI=1S/C15H22N6O/c1-6-10(7-2)18-12-11(8-16)13(22-5)20-14(19-12)21-15(3,4)9-17/h10H,6-7H2,1-5H3,(H2,18,19,20,21). The van der Waals surface area contributed by atoms with Crippen LogP contribution >= 0.6 is 0 Å². The van der Waals surface area contributed by atoms with Crippen LogP contribution in [0.1, 0.15) is 46.1 Å². The van der Waals surface area contributed by atoms with Crippen molar-refractivity contribution in [1.82, 2.24) is 9.97 Å². The SMILES string of the molecule is CCC(CC)Nc1nc(NC(C)(C)C#N)nc(OC)c1C#N. The molecule has 7 nitrogen and oxygen atoms in total. The van der Waals surface area contributed by atoms with Gasteiger partial charge < -0.3 is 15.4 Å². The van der Waals surface area contributed by atoms with E-state index in [1.807, 2.05) is 0 Å². The summed E-state index contributed by atoms with van der Waals surface area (Å²) in [5, 5.41) is 24.6. The van der Waals surface area contributed by atoms with Crippen molar-refractivity contribution in [3.8, 4) is 18.0 Å². The van der Waals surface area contributed by atoms with Crippen molar-refractivity contribution in [3.05, 3.63) is 5.56 Å². The second-order valence-corrected chi connectivity index (χ2v) is 5.41. The molecule has 0 radical (unpaired) electrons. The number of hydrogen-bond donors (Lipinski definition) is 2. The van der Waals surface area contributed by atoms with E-state index in [1.54, 1.807) is 13.8 Å². The van der Waals surface area contributed by atoms with Gasteiger partial charge in [-0.3, -0.25) is 0 Å². The fourth-order valence-corrected chi connectivity index (χ4v) is 1.84. The molecule has 0 saturated carbocycles. The average molecular weight is 302 g/mol. The maximum absolute atomic E-state index is 9.34. The minimum absolute atomic E-state index is 0.183. The Hall–Kier alpha value is -2.54. The first-order valence-electron chi connectivity index (χ1n) is 7.22. The van der Waals surface area contributed by atoms with Crippen molar-refractivity contribution in [3.63, 3.8) is 0 Å². The predicted molar refractivity (Wildman–Crippen MR) is 84.6 cm³/mol. The molecule has 0 spiro atoms. The van der Waals surface area contributed by atoms with Gasteiger partial charge in [-0.2, -0.15) is 20.5 Å². The molecule has 0 unspecified atom stereocenters. The van der Waals surface area contributed by atoms with Gasteiger partial charge in [-0.25, -0.2) is 0 Å². The molecule has 0 aliphatic carbocycles. The quantitative estimate of drug-likeness (QED) is 0.797. The van der Waals surface area contributed by atoms with Gasteiger partial charge in [0.25, 0.3) is 0 Å². The van der Waals surface area contributed by atoms with Gasteiger partial charge in [0.05, 0.1) is 13.2 Å². The summed E-state index contributed by atoms with van der Waals surface area (Å²) >= 11 is 0. The van der Waals surface area contributed by atoms with Crippen LogP contribution in [0.15, 0.2) is 0 Å². The van der Waals surface area contributed by atoms with Gasteiger partial charge in [-0.05, 0) is 26.7 Å². The number of rotatable bonds is 7. The molecule has 0 aromatic carbocycles. The number of anilines is 2. The minimum Gasteiger partial charge on any atom is -0.480 e. The summed E-state index contributed by atoms with van der Waals surface area (Å²) in [7, 11) is 1.45. The maximum atomic E-state index is 9.34. The molecule has 118 valence electrons. The van der Waals surface area contributed by atoms with Crippen LogP contribution in [0.3, 0.4) is 0 Å². The first-order chi connectivity index (χ1) is 10.4. The molecule has 22 heavy (non-hydrogen) atoms. The zero-order valence-electron chi connectivity index (χ0n) is 13.7. The number of nitrogens with zero attached hydrogens (tertiary/aromatic N) is 4.